The van der Waals surface area contributed by atoms with Gasteiger partial charge >= 0.3 is 0 Å². The average Bonchev–Trinajstić information content (AvgIpc) is 2.68. The van der Waals surface area contributed by atoms with Gasteiger partial charge in [0.2, 0.25) is 5.91 Å². The molecule has 0 heterocycles. The van der Waals surface area contributed by atoms with E-state index in [2.05, 4.69) is 32.1 Å². The molecule has 0 saturated heterocycles. The van der Waals surface area contributed by atoms with Crippen molar-refractivity contribution in [2.24, 2.45) is 5.92 Å². The highest BCUT2D eigenvalue weighted by atomic mass is 79.9. The van der Waals surface area contributed by atoms with Gasteiger partial charge in [0, 0.05) is 22.7 Å². The molecule has 0 fully saturated rings. The molecule has 3 N–H and O–H groups in total. The van der Waals surface area contributed by atoms with Gasteiger partial charge in [-0.05, 0) is 65.3 Å². The molecule has 0 aliphatic rings. The van der Waals surface area contributed by atoms with E-state index in [-0.39, 0.29) is 11.8 Å². The van der Waals surface area contributed by atoms with Crippen LogP contribution in [0.25, 0.3) is 0 Å². The number of amides is 3. The molecule has 0 aliphatic heterocycles. The summed E-state index contributed by atoms with van der Waals surface area (Å²) in [6.07, 6.45) is 0. The highest BCUT2D eigenvalue weighted by Gasteiger charge is 2.12. The predicted octanol–water partition coefficient (Wildman–Crippen LogP) is 3.52. The van der Waals surface area contributed by atoms with Gasteiger partial charge in [-0.15, -0.1) is 0 Å². The van der Waals surface area contributed by atoms with Crippen LogP contribution in [0.3, 0.4) is 0 Å². The van der Waals surface area contributed by atoms with Crippen molar-refractivity contribution in [2.75, 3.05) is 11.9 Å². The third-order valence-electron chi connectivity index (χ3n) is 3.72. The van der Waals surface area contributed by atoms with Crippen molar-refractivity contribution < 1.29 is 19.1 Å². The first-order chi connectivity index (χ1) is 13.3. The zero-order chi connectivity index (χ0) is 20.7. The Bertz CT molecular complexity index is 866. The Morgan fingerprint density at radius 3 is 2.07 bits per heavy atom. The molecule has 2 rings (SSSR count). The van der Waals surface area contributed by atoms with Crippen molar-refractivity contribution >= 4 is 39.3 Å². The quantitative estimate of drug-likeness (QED) is 0.590. The van der Waals surface area contributed by atoms with Crippen molar-refractivity contribution in [2.45, 2.75) is 20.8 Å². The minimum absolute atomic E-state index is 0.106. The van der Waals surface area contributed by atoms with Gasteiger partial charge in [-0.1, -0.05) is 13.8 Å². The summed E-state index contributed by atoms with van der Waals surface area (Å²) in [7, 11) is 0. The SMILES string of the molecule is CCOc1ccc(C(=O)NNC(=O)c2ccc(NC(=O)C(C)C)cc2)cc1Br. The summed E-state index contributed by atoms with van der Waals surface area (Å²) < 4.78 is 6.05. The Hall–Kier alpha value is -2.87. The molecule has 0 aliphatic carbocycles. The number of ether oxygens (including phenoxy) is 1. The first-order valence-corrected chi connectivity index (χ1v) is 9.55. The molecule has 0 unspecified atom stereocenters. The Balaban J connectivity index is 1.93. The van der Waals surface area contributed by atoms with Crippen molar-refractivity contribution in [3.8, 4) is 5.75 Å². The molecular formula is C20H22BrN3O4. The fourth-order valence-electron chi connectivity index (χ4n) is 2.16. The van der Waals surface area contributed by atoms with E-state index in [0.29, 0.717) is 33.6 Å². The lowest BCUT2D eigenvalue weighted by molar-refractivity contribution is -0.118. The second-order valence-electron chi connectivity index (χ2n) is 6.21. The van der Waals surface area contributed by atoms with E-state index in [1.165, 1.54) is 0 Å². The Kier molecular flexibility index (Phi) is 7.57. The third-order valence-corrected chi connectivity index (χ3v) is 4.34. The van der Waals surface area contributed by atoms with Crippen molar-refractivity contribution in [3.05, 3.63) is 58.1 Å². The minimum atomic E-state index is -0.472. The number of benzene rings is 2. The van der Waals surface area contributed by atoms with E-state index in [1.807, 2.05) is 6.92 Å². The lowest BCUT2D eigenvalue weighted by Crippen LogP contribution is -2.41. The van der Waals surface area contributed by atoms with Crippen LogP contribution in [-0.4, -0.2) is 24.3 Å². The molecular weight excluding hydrogens is 426 g/mol. The Labute approximate surface area is 171 Å². The van der Waals surface area contributed by atoms with E-state index in [1.54, 1.807) is 56.3 Å². The molecule has 0 atom stereocenters. The highest BCUT2D eigenvalue weighted by Crippen LogP contribution is 2.25. The summed E-state index contributed by atoms with van der Waals surface area (Å²) in [4.78, 5) is 36.1. The van der Waals surface area contributed by atoms with Crippen LogP contribution in [0.2, 0.25) is 0 Å². The van der Waals surface area contributed by atoms with Crippen LogP contribution >= 0.6 is 15.9 Å². The maximum atomic E-state index is 12.2. The van der Waals surface area contributed by atoms with Gasteiger partial charge in [-0.25, -0.2) is 0 Å². The molecule has 3 amide bonds. The summed E-state index contributed by atoms with van der Waals surface area (Å²) in [5, 5.41) is 2.74. The zero-order valence-corrected chi connectivity index (χ0v) is 17.4. The lowest BCUT2D eigenvalue weighted by Gasteiger charge is -2.11. The van der Waals surface area contributed by atoms with Crippen LogP contribution in [0.4, 0.5) is 5.69 Å². The smallest absolute Gasteiger partial charge is 0.269 e. The summed E-state index contributed by atoms with van der Waals surface area (Å²) in [6.45, 7) is 5.97. The van der Waals surface area contributed by atoms with Crippen LogP contribution in [-0.2, 0) is 4.79 Å². The number of carbonyl (C=O) groups is 3. The van der Waals surface area contributed by atoms with E-state index in [0.717, 1.165) is 0 Å². The number of hydrazine groups is 1. The molecule has 28 heavy (non-hydrogen) atoms. The first kappa shape index (κ1) is 21.4. The van der Waals surface area contributed by atoms with Crippen LogP contribution in [0.15, 0.2) is 46.9 Å². The average molecular weight is 448 g/mol. The van der Waals surface area contributed by atoms with Crippen molar-refractivity contribution in [3.63, 3.8) is 0 Å². The second kappa shape index (κ2) is 9.89. The molecule has 0 aromatic heterocycles. The third kappa shape index (κ3) is 5.82. The second-order valence-corrected chi connectivity index (χ2v) is 7.06. The van der Waals surface area contributed by atoms with Gasteiger partial charge < -0.3 is 10.1 Å². The molecule has 2 aromatic carbocycles. The standard InChI is InChI=1S/C20H22BrN3O4/c1-4-28-17-10-7-14(11-16(17)21)20(27)24-23-19(26)13-5-8-15(9-6-13)22-18(25)12(2)3/h5-12H,4H2,1-3H3,(H,22,25)(H,23,26)(H,24,27). The number of nitrogens with one attached hydrogen (secondary N) is 3. The van der Waals surface area contributed by atoms with E-state index in [9.17, 15) is 14.4 Å². The zero-order valence-electron chi connectivity index (χ0n) is 15.8. The molecule has 2 aromatic rings. The number of hydrogen-bond acceptors (Lipinski definition) is 4. The lowest BCUT2D eigenvalue weighted by atomic mass is 10.1. The summed E-state index contributed by atoms with van der Waals surface area (Å²) in [5.74, 6) is -0.544. The van der Waals surface area contributed by atoms with E-state index < -0.39 is 11.8 Å². The number of hydrogen-bond donors (Lipinski definition) is 3. The fourth-order valence-corrected chi connectivity index (χ4v) is 2.66. The number of rotatable bonds is 6. The van der Waals surface area contributed by atoms with Gasteiger partial charge in [0.1, 0.15) is 5.75 Å². The molecule has 148 valence electrons. The number of halogens is 1. The highest BCUT2D eigenvalue weighted by molar-refractivity contribution is 9.10. The summed E-state index contributed by atoms with van der Waals surface area (Å²) >= 11 is 3.34. The molecule has 7 nitrogen and oxygen atoms in total. The van der Waals surface area contributed by atoms with Crippen LogP contribution in [0.1, 0.15) is 41.5 Å². The maximum absolute atomic E-state index is 12.2. The van der Waals surface area contributed by atoms with E-state index >= 15 is 0 Å². The normalized spacial score (nSPS) is 10.3. The predicted molar refractivity (Wildman–Crippen MR) is 110 cm³/mol. The van der Waals surface area contributed by atoms with Gasteiger partial charge in [-0.2, -0.15) is 0 Å². The van der Waals surface area contributed by atoms with Gasteiger partial charge in [0.15, 0.2) is 0 Å². The molecule has 0 spiro atoms. The summed E-state index contributed by atoms with van der Waals surface area (Å²) in [6, 6.07) is 11.3. The Morgan fingerprint density at radius 2 is 1.54 bits per heavy atom. The molecule has 0 radical (unpaired) electrons. The fraction of sp³-hybridized carbons (Fsp3) is 0.250. The number of anilines is 1. The van der Waals surface area contributed by atoms with Crippen LogP contribution in [0.5, 0.6) is 5.75 Å². The monoisotopic (exact) mass is 447 g/mol. The topological polar surface area (TPSA) is 96.5 Å². The molecule has 0 bridgehead atoms. The molecule has 0 saturated carbocycles. The van der Waals surface area contributed by atoms with Gasteiger partial charge in [-0.3, -0.25) is 25.2 Å². The largest absolute Gasteiger partial charge is 0.493 e. The number of carbonyl (C=O) groups excluding carboxylic acids is 3. The van der Waals surface area contributed by atoms with Crippen LogP contribution in [0, 0.1) is 5.92 Å². The van der Waals surface area contributed by atoms with Gasteiger partial charge in [0.05, 0.1) is 11.1 Å². The first-order valence-electron chi connectivity index (χ1n) is 8.75. The van der Waals surface area contributed by atoms with Crippen molar-refractivity contribution in [1.29, 1.82) is 0 Å². The Morgan fingerprint density at radius 1 is 0.964 bits per heavy atom. The van der Waals surface area contributed by atoms with Crippen molar-refractivity contribution in [1.82, 2.24) is 10.9 Å². The summed E-state index contributed by atoms with van der Waals surface area (Å²) in [5.41, 5.74) is 6.03. The van der Waals surface area contributed by atoms with Crippen LogP contribution < -0.4 is 20.9 Å². The van der Waals surface area contributed by atoms with Gasteiger partial charge in [0.25, 0.3) is 11.8 Å². The molecule has 8 heteroatoms. The maximum Gasteiger partial charge on any atom is 0.269 e. The van der Waals surface area contributed by atoms with E-state index in [4.69, 9.17) is 4.74 Å². The minimum Gasteiger partial charge on any atom is -0.493 e.